The van der Waals surface area contributed by atoms with Gasteiger partial charge in [0, 0.05) is 18.9 Å². The van der Waals surface area contributed by atoms with Crippen LogP contribution in [0.5, 0.6) is 5.75 Å². The number of carbonyl (C=O) groups is 2. The van der Waals surface area contributed by atoms with Crippen LogP contribution in [-0.4, -0.2) is 29.0 Å². The van der Waals surface area contributed by atoms with Gasteiger partial charge in [-0.05, 0) is 18.9 Å². The molecule has 1 amide bonds. The number of nitro benzene ring substituents is 1. The largest absolute Gasteiger partial charge is 0.494 e. The Balaban J connectivity index is 2.59. The first-order valence-electron chi connectivity index (χ1n) is 6.28. The van der Waals surface area contributed by atoms with Crippen LogP contribution in [0.3, 0.4) is 0 Å². The molecule has 0 aliphatic heterocycles. The maximum absolute atomic E-state index is 11.7. The van der Waals surface area contributed by atoms with Crippen molar-refractivity contribution in [1.82, 2.24) is 0 Å². The standard InChI is InChI=1S/C13H16N2O6/c1-21-11-8-9(15(19)20)6-7-10(11)14-12(16)4-2-3-5-13(17)18/h6-8H,2-5H2,1H3,(H,14,16)(H,17,18). The number of ether oxygens (including phenoxy) is 1. The Kier molecular flexibility index (Phi) is 6.12. The molecule has 0 saturated carbocycles. The molecule has 114 valence electrons. The lowest BCUT2D eigenvalue weighted by molar-refractivity contribution is -0.384. The summed E-state index contributed by atoms with van der Waals surface area (Å²) in [7, 11) is 1.35. The van der Waals surface area contributed by atoms with Gasteiger partial charge in [0.05, 0.1) is 23.8 Å². The molecule has 0 spiro atoms. The minimum atomic E-state index is -0.896. The van der Waals surface area contributed by atoms with E-state index < -0.39 is 10.9 Å². The SMILES string of the molecule is COc1cc([N+](=O)[O-])ccc1NC(=O)CCCCC(=O)O. The molecule has 21 heavy (non-hydrogen) atoms. The molecule has 0 aromatic heterocycles. The predicted octanol–water partition coefficient (Wildman–Crippen LogP) is 2.19. The molecule has 0 fully saturated rings. The van der Waals surface area contributed by atoms with Crippen molar-refractivity contribution >= 4 is 23.3 Å². The van der Waals surface area contributed by atoms with E-state index in [1.807, 2.05) is 0 Å². The van der Waals surface area contributed by atoms with Crippen LogP contribution in [0.1, 0.15) is 25.7 Å². The number of hydrogen-bond acceptors (Lipinski definition) is 5. The number of aliphatic carboxylic acids is 1. The zero-order valence-electron chi connectivity index (χ0n) is 11.5. The van der Waals surface area contributed by atoms with Gasteiger partial charge in [0.1, 0.15) is 5.75 Å². The van der Waals surface area contributed by atoms with Gasteiger partial charge in [-0.3, -0.25) is 19.7 Å². The Morgan fingerprint density at radius 1 is 1.33 bits per heavy atom. The van der Waals surface area contributed by atoms with Gasteiger partial charge in [-0.15, -0.1) is 0 Å². The van der Waals surface area contributed by atoms with Gasteiger partial charge in [0.2, 0.25) is 5.91 Å². The van der Waals surface area contributed by atoms with Crippen LogP contribution in [0.4, 0.5) is 11.4 Å². The number of anilines is 1. The number of nitro groups is 1. The molecule has 0 atom stereocenters. The first-order chi connectivity index (χ1) is 9.93. The average molecular weight is 296 g/mol. The lowest BCUT2D eigenvalue weighted by Gasteiger charge is -2.09. The van der Waals surface area contributed by atoms with E-state index in [0.29, 0.717) is 18.5 Å². The second kappa shape index (κ2) is 7.83. The number of carboxylic acid groups (broad SMARTS) is 1. The topological polar surface area (TPSA) is 119 Å². The van der Waals surface area contributed by atoms with E-state index in [2.05, 4.69) is 5.32 Å². The molecule has 8 nitrogen and oxygen atoms in total. The lowest BCUT2D eigenvalue weighted by Crippen LogP contribution is -2.12. The van der Waals surface area contributed by atoms with Crippen molar-refractivity contribution in [3.05, 3.63) is 28.3 Å². The Hall–Kier alpha value is -2.64. The van der Waals surface area contributed by atoms with Crippen LogP contribution in [0, 0.1) is 10.1 Å². The molecule has 0 heterocycles. The molecule has 0 bridgehead atoms. The van der Waals surface area contributed by atoms with E-state index >= 15 is 0 Å². The Morgan fingerprint density at radius 3 is 2.57 bits per heavy atom. The summed E-state index contributed by atoms with van der Waals surface area (Å²) in [6, 6.07) is 3.88. The molecule has 0 unspecified atom stereocenters. The second-order valence-electron chi connectivity index (χ2n) is 4.29. The Morgan fingerprint density at radius 2 is 2.00 bits per heavy atom. The van der Waals surface area contributed by atoms with Crippen molar-refractivity contribution in [2.45, 2.75) is 25.7 Å². The van der Waals surface area contributed by atoms with Gasteiger partial charge in [0.25, 0.3) is 5.69 Å². The van der Waals surface area contributed by atoms with Crippen LogP contribution in [0.2, 0.25) is 0 Å². The number of benzene rings is 1. The number of carbonyl (C=O) groups excluding carboxylic acids is 1. The maximum atomic E-state index is 11.7. The molecule has 0 aliphatic rings. The van der Waals surface area contributed by atoms with Gasteiger partial charge < -0.3 is 15.2 Å². The van der Waals surface area contributed by atoms with Crippen molar-refractivity contribution in [2.24, 2.45) is 0 Å². The quantitative estimate of drug-likeness (QED) is 0.431. The number of hydrogen-bond donors (Lipinski definition) is 2. The van der Waals surface area contributed by atoms with Crippen molar-refractivity contribution in [3.63, 3.8) is 0 Å². The monoisotopic (exact) mass is 296 g/mol. The third-order valence-corrected chi connectivity index (χ3v) is 2.71. The second-order valence-corrected chi connectivity index (χ2v) is 4.29. The fraction of sp³-hybridized carbons (Fsp3) is 0.385. The fourth-order valence-electron chi connectivity index (χ4n) is 1.67. The van der Waals surface area contributed by atoms with Gasteiger partial charge in [0.15, 0.2) is 0 Å². The summed E-state index contributed by atoms with van der Waals surface area (Å²) >= 11 is 0. The zero-order valence-corrected chi connectivity index (χ0v) is 11.5. The average Bonchev–Trinajstić information content (AvgIpc) is 2.43. The van der Waals surface area contributed by atoms with Crippen LogP contribution in [0.25, 0.3) is 0 Å². The molecule has 8 heteroatoms. The summed E-state index contributed by atoms with van der Waals surface area (Å²) < 4.78 is 5.00. The lowest BCUT2D eigenvalue weighted by atomic mass is 10.2. The third kappa shape index (κ3) is 5.47. The summed E-state index contributed by atoms with van der Waals surface area (Å²) in [4.78, 5) is 32.1. The van der Waals surface area contributed by atoms with Gasteiger partial charge in [-0.25, -0.2) is 0 Å². The number of non-ortho nitro benzene ring substituents is 1. The Labute approximate surface area is 120 Å². The minimum absolute atomic E-state index is 0.0220. The number of carboxylic acids is 1. The maximum Gasteiger partial charge on any atom is 0.303 e. The first kappa shape index (κ1) is 16.4. The zero-order chi connectivity index (χ0) is 15.8. The number of methoxy groups -OCH3 is 1. The van der Waals surface area contributed by atoms with E-state index in [9.17, 15) is 19.7 Å². The molecule has 2 N–H and O–H groups in total. The van der Waals surface area contributed by atoms with E-state index in [0.717, 1.165) is 0 Å². The van der Waals surface area contributed by atoms with Gasteiger partial charge >= 0.3 is 5.97 Å². The van der Waals surface area contributed by atoms with E-state index in [1.54, 1.807) is 0 Å². The number of nitrogens with one attached hydrogen (secondary N) is 1. The van der Waals surface area contributed by atoms with Crippen molar-refractivity contribution in [3.8, 4) is 5.75 Å². The van der Waals surface area contributed by atoms with Gasteiger partial charge in [-0.1, -0.05) is 0 Å². The van der Waals surface area contributed by atoms with Crippen molar-refractivity contribution in [1.29, 1.82) is 0 Å². The molecule has 0 aliphatic carbocycles. The molecule has 1 rings (SSSR count). The van der Waals surface area contributed by atoms with E-state index in [4.69, 9.17) is 9.84 Å². The number of unbranched alkanes of at least 4 members (excludes halogenated alkanes) is 1. The molecule has 0 saturated heterocycles. The molecular formula is C13H16N2O6. The predicted molar refractivity (Wildman–Crippen MR) is 74.4 cm³/mol. The highest BCUT2D eigenvalue weighted by atomic mass is 16.6. The van der Waals surface area contributed by atoms with Crippen LogP contribution in [-0.2, 0) is 9.59 Å². The summed E-state index contributed by atoms with van der Waals surface area (Å²) in [5.41, 5.74) is 0.206. The van der Waals surface area contributed by atoms with Crippen molar-refractivity contribution < 1.29 is 24.4 Å². The highest BCUT2D eigenvalue weighted by molar-refractivity contribution is 5.92. The van der Waals surface area contributed by atoms with E-state index in [-0.39, 0.29) is 30.2 Å². The Bertz CT molecular complexity index is 543. The summed E-state index contributed by atoms with van der Waals surface area (Å²) in [6.45, 7) is 0. The molecule has 1 aromatic rings. The number of nitrogens with zero attached hydrogens (tertiary/aromatic N) is 1. The third-order valence-electron chi connectivity index (χ3n) is 2.71. The molecular weight excluding hydrogens is 280 g/mol. The first-order valence-corrected chi connectivity index (χ1v) is 6.28. The molecule has 0 radical (unpaired) electrons. The smallest absolute Gasteiger partial charge is 0.303 e. The van der Waals surface area contributed by atoms with Crippen molar-refractivity contribution in [2.75, 3.05) is 12.4 Å². The normalized spacial score (nSPS) is 9.95. The number of rotatable bonds is 8. The summed E-state index contributed by atoms with van der Waals surface area (Å²) in [6.07, 6.45) is 1.06. The molecule has 1 aromatic carbocycles. The van der Waals surface area contributed by atoms with Crippen LogP contribution >= 0.6 is 0 Å². The van der Waals surface area contributed by atoms with Gasteiger partial charge in [-0.2, -0.15) is 0 Å². The summed E-state index contributed by atoms with van der Waals surface area (Å²) in [5, 5.41) is 21.7. The summed E-state index contributed by atoms with van der Waals surface area (Å²) in [5.74, 6) is -0.997. The number of amides is 1. The van der Waals surface area contributed by atoms with Crippen LogP contribution < -0.4 is 10.1 Å². The fourth-order valence-corrected chi connectivity index (χ4v) is 1.67. The van der Waals surface area contributed by atoms with E-state index in [1.165, 1.54) is 25.3 Å². The highest BCUT2D eigenvalue weighted by Crippen LogP contribution is 2.29. The minimum Gasteiger partial charge on any atom is -0.494 e. The van der Waals surface area contributed by atoms with Crippen LogP contribution in [0.15, 0.2) is 18.2 Å². The highest BCUT2D eigenvalue weighted by Gasteiger charge is 2.13.